The first-order valence-corrected chi connectivity index (χ1v) is 8.22. The first-order valence-electron chi connectivity index (χ1n) is 6.73. The summed E-state index contributed by atoms with van der Waals surface area (Å²) in [4.78, 5) is 3.64. The minimum absolute atomic E-state index is 0.0554. The minimum atomic E-state index is -4.01. The first kappa shape index (κ1) is 16.6. The largest absolute Gasteiger partial charge is 0.334 e. The molecule has 8 heteroatoms. The molecule has 0 aliphatic heterocycles. The second-order valence-corrected chi connectivity index (χ2v) is 7.09. The molecule has 0 unspecified atom stereocenters. The van der Waals surface area contributed by atoms with Crippen LogP contribution in [0.1, 0.15) is 19.7 Å². The van der Waals surface area contributed by atoms with Crippen LogP contribution in [0.25, 0.3) is 0 Å². The summed E-state index contributed by atoms with van der Waals surface area (Å²) < 4.78 is 54.6. The van der Waals surface area contributed by atoms with Crippen LogP contribution in [-0.4, -0.2) is 18.0 Å². The highest BCUT2D eigenvalue weighted by Gasteiger charge is 2.17. The van der Waals surface area contributed by atoms with Crippen molar-refractivity contribution < 1.29 is 17.2 Å². The van der Waals surface area contributed by atoms with Crippen molar-refractivity contribution in [1.82, 2.24) is 14.3 Å². The molecule has 1 aromatic heterocycles. The number of halogens is 2. The van der Waals surface area contributed by atoms with E-state index >= 15 is 0 Å². The van der Waals surface area contributed by atoms with Crippen molar-refractivity contribution in [2.45, 2.75) is 31.8 Å². The number of hydrogen-bond donors (Lipinski definition) is 1. The zero-order chi connectivity index (χ0) is 16.3. The second kappa shape index (κ2) is 6.53. The lowest BCUT2D eigenvalue weighted by Gasteiger charge is -2.11. The van der Waals surface area contributed by atoms with E-state index in [9.17, 15) is 17.2 Å². The summed E-state index contributed by atoms with van der Waals surface area (Å²) in [5, 5.41) is 0. The summed E-state index contributed by atoms with van der Waals surface area (Å²) in [6.45, 7) is 4.71. The smallest absolute Gasteiger partial charge is 0.241 e. The van der Waals surface area contributed by atoms with E-state index in [0.29, 0.717) is 24.4 Å². The summed E-state index contributed by atoms with van der Waals surface area (Å²) in [5.74, 6) is -0.973. The maximum absolute atomic E-state index is 13.1. The lowest BCUT2D eigenvalue weighted by atomic mass is 10.2. The highest BCUT2D eigenvalue weighted by atomic mass is 32.2. The van der Waals surface area contributed by atoms with E-state index in [1.807, 2.05) is 18.4 Å². The van der Waals surface area contributed by atoms with Gasteiger partial charge in [-0.25, -0.2) is 26.9 Å². The summed E-state index contributed by atoms with van der Waals surface area (Å²) in [6.07, 6.45) is 3.33. The van der Waals surface area contributed by atoms with Gasteiger partial charge in [0.15, 0.2) is 0 Å². The number of nitrogens with zero attached hydrogens (tertiary/aromatic N) is 2. The zero-order valence-electron chi connectivity index (χ0n) is 12.3. The number of benzene rings is 1. The number of sulfonamides is 1. The van der Waals surface area contributed by atoms with Crippen LogP contribution in [0.15, 0.2) is 35.5 Å². The van der Waals surface area contributed by atoms with E-state index in [4.69, 9.17) is 0 Å². The van der Waals surface area contributed by atoms with Gasteiger partial charge < -0.3 is 4.57 Å². The molecule has 1 N–H and O–H groups in total. The monoisotopic (exact) mass is 329 g/mol. The molecular weight excluding hydrogens is 312 g/mol. The van der Waals surface area contributed by atoms with Gasteiger partial charge in [-0.2, -0.15) is 0 Å². The van der Waals surface area contributed by atoms with Crippen LogP contribution in [0, 0.1) is 17.6 Å². The molecule has 0 saturated heterocycles. The van der Waals surface area contributed by atoms with Crippen molar-refractivity contribution in [2.24, 2.45) is 5.92 Å². The maximum Gasteiger partial charge on any atom is 0.241 e. The number of imidazole rings is 1. The van der Waals surface area contributed by atoms with Gasteiger partial charge in [0.25, 0.3) is 0 Å². The minimum Gasteiger partial charge on any atom is -0.334 e. The van der Waals surface area contributed by atoms with Crippen LogP contribution in [0.5, 0.6) is 0 Å². The third kappa shape index (κ3) is 4.11. The van der Waals surface area contributed by atoms with Gasteiger partial charge >= 0.3 is 0 Å². The summed E-state index contributed by atoms with van der Waals surface area (Å²) in [6, 6.07) is 2.16. The fourth-order valence-corrected chi connectivity index (χ4v) is 3.01. The molecule has 0 atom stereocenters. The van der Waals surface area contributed by atoms with Crippen LogP contribution in [0.3, 0.4) is 0 Å². The van der Waals surface area contributed by atoms with E-state index < -0.39 is 26.6 Å². The van der Waals surface area contributed by atoms with Crippen molar-refractivity contribution in [3.05, 3.63) is 48.1 Å². The Labute approximate surface area is 128 Å². The van der Waals surface area contributed by atoms with Crippen molar-refractivity contribution in [2.75, 3.05) is 0 Å². The normalized spacial score (nSPS) is 12.0. The number of aromatic nitrogens is 2. The third-order valence-electron chi connectivity index (χ3n) is 2.93. The maximum atomic E-state index is 13.1. The Morgan fingerprint density at radius 1 is 1.23 bits per heavy atom. The van der Waals surface area contributed by atoms with Crippen LogP contribution < -0.4 is 4.72 Å². The molecule has 0 radical (unpaired) electrons. The molecule has 1 aromatic carbocycles. The predicted octanol–water partition coefficient (Wildman–Crippen LogP) is 2.30. The molecular formula is C14H17F2N3O2S. The molecule has 120 valence electrons. The third-order valence-corrected chi connectivity index (χ3v) is 4.31. The topological polar surface area (TPSA) is 64.0 Å². The SMILES string of the molecule is CC(C)Cn1ccnc1CNS(=O)(=O)c1cc(F)cc(F)c1. The fourth-order valence-electron chi connectivity index (χ4n) is 1.99. The Morgan fingerprint density at radius 3 is 2.45 bits per heavy atom. The van der Waals surface area contributed by atoms with Crippen LogP contribution in [0.4, 0.5) is 8.78 Å². The average molecular weight is 329 g/mol. The van der Waals surface area contributed by atoms with Crippen molar-refractivity contribution in [3.63, 3.8) is 0 Å². The number of rotatable bonds is 6. The van der Waals surface area contributed by atoms with E-state index in [0.717, 1.165) is 12.1 Å². The van der Waals surface area contributed by atoms with E-state index in [1.165, 1.54) is 0 Å². The molecule has 2 aromatic rings. The Kier molecular flexibility index (Phi) is 4.92. The van der Waals surface area contributed by atoms with Crippen LogP contribution in [0.2, 0.25) is 0 Å². The quantitative estimate of drug-likeness (QED) is 0.884. The van der Waals surface area contributed by atoms with Gasteiger partial charge in [0.2, 0.25) is 10.0 Å². The number of nitrogens with one attached hydrogen (secondary N) is 1. The standard InChI is InChI=1S/C14H17F2N3O2S/c1-10(2)9-19-4-3-17-14(19)8-18-22(20,21)13-6-11(15)5-12(16)7-13/h3-7,10,18H,8-9H2,1-2H3. The van der Waals surface area contributed by atoms with Gasteiger partial charge in [0.05, 0.1) is 11.4 Å². The van der Waals surface area contributed by atoms with E-state index in [-0.39, 0.29) is 6.54 Å². The highest BCUT2D eigenvalue weighted by molar-refractivity contribution is 7.89. The Hall–Kier alpha value is -1.80. The Balaban J connectivity index is 2.15. The molecule has 2 rings (SSSR count). The van der Waals surface area contributed by atoms with Gasteiger partial charge in [-0.1, -0.05) is 13.8 Å². The predicted molar refractivity (Wildman–Crippen MR) is 77.4 cm³/mol. The van der Waals surface area contributed by atoms with Crippen molar-refractivity contribution in [1.29, 1.82) is 0 Å². The lowest BCUT2D eigenvalue weighted by Crippen LogP contribution is -2.25. The number of hydrogen-bond acceptors (Lipinski definition) is 3. The fraction of sp³-hybridized carbons (Fsp3) is 0.357. The van der Waals surface area contributed by atoms with E-state index in [1.54, 1.807) is 12.4 Å². The van der Waals surface area contributed by atoms with Crippen LogP contribution in [-0.2, 0) is 23.1 Å². The first-order chi connectivity index (χ1) is 10.3. The molecule has 1 heterocycles. The Morgan fingerprint density at radius 2 is 1.86 bits per heavy atom. The molecule has 0 aliphatic carbocycles. The van der Waals surface area contributed by atoms with Crippen LogP contribution >= 0.6 is 0 Å². The van der Waals surface area contributed by atoms with Crippen molar-refractivity contribution in [3.8, 4) is 0 Å². The lowest BCUT2D eigenvalue weighted by molar-refractivity contribution is 0.502. The zero-order valence-corrected chi connectivity index (χ0v) is 13.1. The molecule has 0 fully saturated rings. The molecule has 0 spiro atoms. The van der Waals surface area contributed by atoms with Gasteiger partial charge in [-0.15, -0.1) is 0 Å². The highest BCUT2D eigenvalue weighted by Crippen LogP contribution is 2.14. The average Bonchev–Trinajstić information content (AvgIpc) is 2.82. The molecule has 0 amide bonds. The van der Waals surface area contributed by atoms with E-state index in [2.05, 4.69) is 9.71 Å². The Bertz CT molecular complexity index is 737. The summed E-state index contributed by atoms with van der Waals surface area (Å²) >= 11 is 0. The van der Waals surface area contributed by atoms with Gasteiger partial charge in [-0.3, -0.25) is 0 Å². The van der Waals surface area contributed by atoms with Crippen molar-refractivity contribution >= 4 is 10.0 Å². The second-order valence-electron chi connectivity index (χ2n) is 5.32. The molecule has 0 aliphatic rings. The molecule has 5 nitrogen and oxygen atoms in total. The van der Waals surface area contributed by atoms with Gasteiger partial charge in [-0.05, 0) is 18.1 Å². The molecule has 0 bridgehead atoms. The molecule has 22 heavy (non-hydrogen) atoms. The summed E-state index contributed by atoms with van der Waals surface area (Å²) in [7, 11) is -4.01. The molecule has 0 saturated carbocycles. The van der Waals surface area contributed by atoms with Gasteiger partial charge in [0.1, 0.15) is 17.5 Å². The summed E-state index contributed by atoms with van der Waals surface area (Å²) in [5.41, 5.74) is 0. The van der Waals surface area contributed by atoms with Gasteiger partial charge in [0, 0.05) is 25.0 Å².